The molecule has 0 saturated carbocycles. The van der Waals surface area contributed by atoms with Crippen LogP contribution in [-0.4, -0.2) is 53.8 Å². The number of benzene rings is 1. The summed E-state index contributed by atoms with van der Waals surface area (Å²) in [5, 5.41) is 0. The zero-order valence-corrected chi connectivity index (χ0v) is 16.2. The minimum absolute atomic E-state index is 0. The summed E-state index contributed by atoms with van der Waals surface area (Å²) in [6.45, 7) is 8.80. The van der Waals surface area contributed by atoms with Gasteiger partial charge >= 0.3 is 0 Å². The summed E-state index contributed by atoms with van der Waals surface area (Å²) in [4.78, 5) is 28.7. The molecule has 0 aliphatic carbocycles. The van der Waals surface area contributed by atoms with Crippen molar-refractivity contribution < 1.29 is 9.59 Å². The Balaban J connectivity index is 0.00000312. The Kier molecular flexibility index (Phi) is 8.39. The van der Waals surface area contributed by atoms with Crippen LogP contribution in [0.4, 0.5) is 0 Å². The van der Waals surface area contributed by atoms with Crippen molar-refractivity contribution in [2.75, 3.05) is 26.2 Å². The highest BCUT2D eigenvalue weighted by atomic mass is 35.5. The Morgan fingerprint density at radius 1 is 1.20 bits per heavy atom. The standard InChI is InChI=1S/C19H29N3O2.ClH/c1-4-21(5-2)18(23)15-8-10-16(11-9-15)19(24)22-12-6-7-17(13-22)14(3)20;/h8-11,14,17H,4-7,12-13,20H2,1-3H3;1H. The average Bonchev–Trinajstić information content (AvgIpc) is 2.62. The SMILES string of the molecule is CCN(CC)C(=O)c1ccc(C(=O)N2CCCC(C(C)N)C2)cc1.Cl. The number of nitrogens with two attached hydrogens (primary N) is 1. The van der Waals surface area contributed by atoms with Gasteiger partial charge in [0.15, 0.2) is 0 Å². The molecule has 1 heterocycles. The largest absolute Gasteiger partial charge is 0.339 e. The first-order valence-corrected chi connectivity index (χ1v) is 8.92. The van der Waals surface area contributed by atoms with Crippen LogP contribution in [0.25, 0.3) is 0 Å². The monoisotopic (exact) mass is 367 g/mol. The second-order valence-electron chi connectivity index (χ2n) is 6.57. The molecule has 2 unspecified atom stereocenters. The molecule has 2 N–H and O–H groups in total. The summed E-state index contributed by atoms with van der Waals surface area (Å²) < 4.78 is 0. The van der Waals surface area contributed by atoms with Crippen molar-refractivity contribution >= 4 is 24.2 Å². The van der Waals surface area contributed by atoms with Gasteiger partial charge < -0.3 is 15.5 Å². The highest BCUT2D eigenvalue weighted by molar-refractivity contribution is 5.97. The number of hydrogen-bond acceptors (Lipinski definition) is 3. The lowest BCUT2D eigenvalue weighted by Gasteiger charge is -2.34. The van der Waals surface area contributed by atoms with E-state index in [0.717, 1.165) is 25.9 Å². The third-order valence-corrected chi connectivity index (χ3v) is 4.92. The van der Waals surface area contributed by atoms with Gasteiger partial charge in [0.05, 0.1) is 0 Å². The van der Waals surface area contributed by atoms with Crippen LogP contribution in [0.15, 0.2) is 24.3 Å². The van der Waals surface area contributed by atoms with Gasteiger partial charge in [-0.3, -0.25) is 9.59 Å². The molecule has 1 fully saturated rings. The average molecular weight is 368 g/mol. The molecule has 0 aromatic heterocycles. The third-order valence-electron chi connectivity index (χ3n) is 4.92. The van der Waals surface area contributed by atoms with E-state index < -0.39 is 0 Å². The van der Waals surface area contributed by atoms with Crippen LogP contribution >= 0.6 is 12.4 Å². The Hall–Kier alpha value is -1.59. The van der Waals surface area contributed by atoms with Crippen LogP contribution in [0.2, 0.25) is 0 Å². The zero-order chi connectivity index (χ0) is 17.7. The number of amides is 2. The number of piperidine rings is 1. The fraction of sp³-hybridized carbons (Fsp3) is 0.579. The number of likely N-dealkylation sites (tertiary alicyclic amines) is 1. The van der Waals surface area contributed by atoms with E-state index in [2.05, 4.69) is 0 Å². The summed E-state index contributed by atoms with van der Waals surface area (Å²) in [5.41, 5.74) is 7.26. The molecular formula is C19H30ClN3O2. The van der Waals surface area contributed by atoms with Crippen LogP contribution in [0, 0.1) is 5.92 Å². The van der Waals surface area contributed by atoms with Crippen LogP contribution in [0.3, 0.4) is 0 Å². The second kappa shape index (κ2) is 9.78. The number of halogens is 1. The highest BCUT2D eigenvalue weighted by Gasteiger charge is 2.26. The van der Waals surface area contributed by atoms with Crippen LogP contribution in [0.5, 0.6) is 0 Å². The molecule has 2 amide bonds. The second-order valence-corrected chi connectivity index (χ2v) is 6.57. The lowest BCUT2D eigenvalue weighted by atomic mass is 9.92. The molecule has 2 atom stereocenters. The molecule has 0 radical (unpaired) electrons. The topological polar surface area (TPSA) is 66.6 Å². The van der Waals surface area contributed by atoms with E-state index in [-0.39, 0.29) is 30.3 Å². The first kappa shape index (κ1) is 21.5. The first-order chi connectivity index (χ1) is 11.5. The number of carbonyl (C=O) groups excluding carboxylic acids is 2. The minimum atomic E-state index is 0. The van der Waals surface area contributed by atoms with Gasteiger partial charge in [0.2, 0.25) is 0 Å². The van der Waals surface area contributed by atoms with E-state index in [4.69, 9.17) is 5.73 Å². The van der Waals surface area contributed by atoms with Crippen molar-refractivity contribution in [3.63, 3.8) is 0 Å². The molecule has 6 heteroatoms. The Bertz CT molecular complexity index is 571. The van der Waals surface area contributed by atoms with Crippen molar-refractivity contribution in [2.24, 2.45) is 11.7 Å². The van der Waals surface area contributed by atoms with E-state index in [1.165, 1.54) is 0 Å². The third kappa shape index (κ3) is 5.19. The summed E-state index contributed by atoms with van der Waals surface area (Å²) >= 11 is 0. The van der Waals surface area contributed by atoms with E-state index in [1.807, 2.05) is 25.7 Å². The van der Waals surface area contributed by atoms with Gasteiger partial charge in [-0.1, -0.05) is 0 Å². The summed E-state index contributed by atoms with van der Waals surface area (Å²) in [7, 11) is 0. The quantitative estimate of drug-likeness (QED) is 0.870. The number of nitrogens with zero attached hydrogens (tertiary/aromatic N) is 2. The summed E-state index contributed by atoms with van der Waals surface area (Å²) in [5.74, 6) is 0.405. The molecule has 0 bridgehead atoms. The lowest BCUT2D eigenvalue weighted by Crippen LogP contribution is -2.45. The maximum atomic E-state index is 12.7. The lowest BCUT2D eigenvalue weighted by molar-refractivity contribution is 0.0659. The molecule has 1 saturated heterocycles. The van der Waals surface area contributed by atoms with E-state index in [0.29, 0.717) is 30.1 Å². The van der Waals surface area contributed by atoms with E-state index in [1.54, 1.807) is 29.2 Å². The van der Waals surface area contributed by atoms with Crippen LogP contribution < -0.4 is 5.73 Å². The number of rotatable bonds is 5. The van der Waals surface area contributed by atoms with Crippen molar-refractivity contribution in [3.05, 3.63) is 35.4 Å². The first-order valence-electron chi connectivity index (χ1n) is 8.92. The van der Waals surface area contributed by atoms with Crippen molar-refractivity contribution in [3.8, 4) is 0 Å². The van der Waals surface area contributed by atoms with Gasteiger partial charge in [0.1, 0.15) is 0 Å². The molecule has 1 aromatic rings. The van der Waals surface area contributed by atoms with Gasteiger partial charge in [0.25, 0.3) is 11.8 Å². The van der Waals surface area contributed by atoms with Gasteiger partial charge in [-0.15, -0.1) is 12.4 Å². The zero-order valence-electron chi connectivity index (χ0n) is 15.4. The molecule has 1 aliphatic heterocycles. The van der Waals surface area contributed by atoms with Gasteiger partial charge in [-0.25, -0.2) is 0 Å². The summed E-state index contributed by atoms with van der Waals surface area (Å²) in [6.07, 6.45) is 2.08. The van der Waals surface area contributed by atoms with Gasteiger partial charge in [-0.05, 0) is 63.8 Å². The fourth-order valence-corrected chi connectivity index (χ4v) is 3.25. The van der Waals surface area contributed by atoms with E-state index >= 15 is 0 Å². The van der Waals surface area contributed by atoms with Crippen molar-refractivity contribution in [2.45, 2.75) is 39.7 Å². The maximum absolute atomic E-state index is 12.7. The molecule has 25 heavy (non-hydrogen) atoms. The van der Waals surface area contributed by atoms with Crippen molar-refractivity contribution in [1.29, 1.82) is 0 Å². The smallest absolute Gasteiger partial charge is 0.253 e. The molecule has 1 aromatic carbocycles. The van der Waals surface area contributed by atoms with Gasteiger partial charge in [0, 0.05) is 43.3 Å². The Morgan fingerprint density at radius 3 is 2.28 bits per heavy atom. The van der Waals surface area contributed by atoms with Gasteiger partial charge in [-0.2, -0.15) is 0 Å². The predicted octanol–water partition coefficient (Wildman–Crippen LogP) is 2.79. The molecule has 5 nitrogen and oxygen atoms in total. The predicted molar refractivity (Wildman–Crippen MR) is 103 cm³/mol. The Labute approximate surface area is 157 Å². The number of hydrogen-bond donors (Lipinski definition) is 1. The fourth-order valence-electron chi connectivity index (χ4n) is 3.25. The van der Waals surface area contributed by atoms with Crippen LogP contribution in [-0.2, 0) is 0 Å². The minimum Gasteiger partial charge on any atom is -0.339 e. The van der Waals surface area contributed by atoms with Crippen molar-refractivity contribution in [1.82, 2.24) is 9.80 Å². The molecule has 0 spiro atoms. The van der Waals surface area contributed by atoms with Crippen LogP contribution in [0.1, 0.15) is 54.3 Å². The highest BCUT2D eigenvalue weighted by Crippen LogP contribution is 2.21. The Morgan fingerprint density at radius 2 is 1.76 bits per heavy atom. The maximum Gasteiger partial charge on any atom is 0.253 e. The van der Waals surface area contributed by atoms with E-state index in [9.17, 15) is 9.59 Å². The molecule has 1 aliphatic rings. The molecular weight excluding hydrogens is 338 g/mol. The summed E-state index contributed by atoms with van der Waals surface area (Å²) in [6, 6.07) is 7.12. The molecule has 2 rings (SSSR count). The normalized spacial score (nSPS) is 18.2. The number of carbonyl (C=O) groups is 2. The molecule has 140 valence electrons.